The normalized spacial score (nSPS) is 12.9. The van der Waals surface area contributed by atoms with Crippen molar-refractivity contribution < 1.29 is 4.79 Å². The summed E-state index contributed by atoms with van der Waals surface area (Å²) in [6, 6.07) is 16.2. The van der Waals surface area contributed by atoms with Crippen LogP contribution in [-0.4, -0.2) is 15.3 Å². The average molecular weight is 344 g/mol. The van der Waals surface area contributed by atoms with Crippen molar-refractivity contribution in [3.63, 3.8) is 0 Å². The molecule has 0 aliphatic heterocycles. The molecule has 0 aliphatic carbocycles. The second kappa shape index (κ2) is 6.02. The highest BCUT2D eigenvalue weighted by Crippen LogP contribution is 2.29. The number of nitrogens with zero attached hydrogens (tertiary/aromatic N) is 1. The van der Waals surface area contributed by atoms with Crippen LogP contribution in [0, 0.1) is 0 Å². The molecular weight excluding hydrogens is 326 g/mol. The van der Waals surface area contributed by atoms with Crippen molar-refractivity contribution in [2.75, 3.05) is 0 Å². The fourth-order valence-corrected chi connectivity index (χ4v) is 3.62. The number of hydrogen-bond acceptors (Lipinski definition) is 1. The number of benzene rings is 2. The molecular formula is C18H18BrNO. The second-order valence-corrected chi connectivity index (χ2v) is 6.65. The number of aromatic nitrogens is 1. The minimum absolute atomic E-state index is 0.155. The van der Waals surface area contributed by atoms with E-state index in [0.29, 0.717) is 6.42 Å². The Morgan fingerprint density at radius 1 is 1.05 bits per heavy atom. The van der Waals surface area contributed by atoms with E-state index in [1.165, 1.54) is 0 Å². The van der Waals surface area contributed by atoms with Crippen LogP contribution in [-0.2, 0) is 0 Å². The molecule has 21 heavy (non-hydrogen) atoms. The number of carbonyl (C=O) groups excluding carboxylic acids is 1. The van der Waals surface area contributed by atoms with Crippen molar-refractivity contribution in [1.82, 2.24) is 4.57 Å². The lowest BCUT2D eigenvalue weighted by Crippen LogP contribution is -2.15. The summed E-state index contributed by atoms with van der Waals surface area (Å²) in [5, 5.41) is 2.28. The first-order valence-corrected chi connectivity index (χ1v) is 8.29. The van der Waals surface area contributed by atoms with Gasteiger partial charge in [0.2, 0.25) is 5.91 Å². The molecule has 0 radical (unpaired) electrons. The van der Waals surface area contributed by atoms with E-state index in [-0.39, 0.29) is 10.7 Å². The molecule has 0 spiro atoms. The zero-order valence-corrected chi connectivity index (χ0v) is 13.6. The van der Waals surface area contributed by atoms with Crippen LogP contribution in [0.3, 0.4) is 0 Å². The van der Waals surface area contributed by atoms with Crippen LogP contribution in [0.15, 0.2) is 48.5 Å². The Morgan fingerprint density at radius 2 is 1.57 bits per heavy atom. The molecule has 0 amide bonds. The molecule has 2 aromatic carbocycles. The monoisotopic (exact) mass is 343 g/mol. The van der Waals surface area contributed by atoms with Crippen molar-refractivity contribution in [2.24, 2.45) is 0 Å². The molecule has 1 unspecified atom stereocenters. The van der Waals surface area contributed by atoms with E-state index in [9.17, 15) is 4.79 Å². The molecule has 0 N–H and O–H groups in total. The van der Waals surface area contributed by atoms with E-state index < -0.39 is 0 Å². The van der Waals surface area contributed by atoms with Crippen molar-refractivity contribution in [2.45, 2.75) is 31.0 Å². The molecule has 0 aliphatic rings. The molecule has 2 nitrogen and oxygen atoms in total. The zero-order chi connectivity index (χ0) is 14.8. The highest BCUT2D eigenvalue weighted by molar-refractivity contribution is 9.09. The standard InChI is InChI=1S/C18H18BrNO/c1-2-7-13(19)12-18(21)20-16-10-5-3-8-14(16)15-9-4-6-11-17(15)20/h3-6,8-11,13H,2,7,12H2,1H3. The van der Waals surface area contributed by atoms with Crippen LogP contribution in [0.4, 0.5) is 0 Å². The Bertz CT molecular complexity index is 737. The fourth-order valence-electron chi connectivity index (χ4n) is 2.89. The van der Waals surface area contributed by atoms with Crippen molar-refractivity contribution in [3.05, 3.63) is 48.5 Å². The first-order chi connectivity index (χ1) is 10.2. The Balaban J connectivity index is 2.13. The minimum Gasteiger partial charge on any atom is -0.280 e. The lowest BCUT2D eigenvalue weighted by atomic mass is 10.2. The number of halogens is 1. The molecule has 1 heterocycles. The van der Waals surface area contributed by atoms with Crippen LogP contribution in [0.5, 0.6) is 0 Å². The number of hydrogen-bond donors (Lipinski definition) is 0. The predicted octanol–water partition coefficient (Wildman–Crippen LogP) is 5.39. The Morgan fingerprint density at radius 3 is 2.10 bits per heavy atom. The van der Waals surface area contributed by atoms with Crippen molar-refractivity contribution in [3.8, 4) is 0 Å². The van der Waals surface area contributed by atoms with E-state index in [0.717, 1.165) is 34.6 Å². The van der Waals surface area contributed by atoms with Gasteiger partial charge in [-0.05, 0) is 18.6 Å². The van der Waals surface area contributed by atoms with E-state index in [2.05, 4.69) is 35.0 Å². The van der Waals surface area contributed by atoms with E-state index in [4.69, 9.17) is 0 Å². The predicted molar refractivity (Wildman–Crippen MR) is 92.3 cm³/mol. The van der Waals surface area contributed by atoms with Gasteiger partial charge >= 0.3 is 0 Å². The van der Waals surface area contributed by atoms with Gasteiger partial charge in [-0.25, -0.2) is 0 Å². The smallest absolute Gasteiger partial charge is 0.232 e. The maximum atomic E-state index is 12.8. The van der Waals surface area contributed by atoms with Crippen LogP contribution in [0.1, 0.15) is 31.0 Å². The van der Waals surface area contributed by atoms with Gasteiger partial charge in [-0.1, -0.05) is 65.7 Å². The highest BCUT2D eigenvalue weighted by Gasteiger charge is 2.17. The van der Waals surface area contributed by atoms with Crippen LogP contribution in [0.25, 0.3) is 21.8 Å². The average Bonchev–Trinajstić information content (AvgIpc) is 2.82. The Hall–Kier alpha value is -1.61. The largest absolute Gasteiger partial charge is 0.280 e. The summed E-state index contributed by atoms with van der Waals surface area (Å²) < 4.78 is 1.87. The van der Waals surface area contributed by atoms with Crippen LogP contribution < -0.4 is 0 Å². The summed E-state index contributed by atoms with van der Waals surface area (Å²) in [6.07, 6.45) is 2.62. The second-order valence-electron chi connectivity index (χ2n) is 5.35. The van der Waals surface area contributed by atoms with E-state index >= 15 is 0 Å². The van der Waals surface area contributed by atoms with E-state index in [1.54, 1.807) is 0 Å². The summed E-state index contributed by atoms with van der Waals surface area (Å²) >= 11 is 3.62. The maximum absolute atomic E-state index is 12.8. The molecule has 0 saturated carbocycles. The quantitative estimate of drug-likeness (QED) is 0.582. The summed E-state index contributed by atoms with van der Waals surface area (Å²) in [7, 11) is 0. The van der Waals surface area contributed by atoms with Crippen LogP contribution >= 0.6 is 15.9 Å². The van der Waals surface area contributed by atoms with Gasteiger partial charge in [0.05, 0.1) is 11.0 Å². The van der Waals surface area contributed by atoms with Gasteiger partial charge in [-0.3, -0.25) is 9.36 Å². The fraction of sp³-hybridized carbons (Fsp3) is 0.278. The molecule has 0 bridgehead atoms. The highest BCUT2D eigenvalue weighted by atomic mass is 79.9. The third-order valence-electron chi connectivity index (χ3n) is 3.83. The number of rotatable bonds is 4. The summed E-state index contributed by atoms with van der Waals surface area (Å²) in [5.41, 5.74) is 2.00. The number of alkyl halides is 1. The molecule has 1 aromatic heterocycles. The van der Waals surface area contributed by atoms with E-state index in [1.807, 2.05) is 41.0 Å². The Kier molecular flexibility index (Phi) is 4.11. The Labute approximate surface area is 132 Å². The molecule has 0 fully saturated rings. The molecule has 0 saturated heterocycles. The van der Waals surface area contributed by atoms with Gasteiger partial charge in [0, 0.05) is 22.0 Å². The van der Waals surface area contributed by atoms with Crippen molar-refractivity contribution in [1.29, 1.82) is 0 Å². The first-order valence-electron chi connectivity index (χ1n) is 7.38. The summed E-state index contributed by atoms with van der Waals surface area (Å²) in [4.78, 5) is 13.0. The number of fused-ring (bicyclic) bond motifs is 3. The molecule has 3 aromatic rings. The van der Waals surface area contributed by atoms with Gasteiger partial charge in [0.15, 0.2) is 0 Å². The molecule has 3 rings (SSSR count). The zero-order valence-electron chi connectivity index (χ0n) is 12.1. The molecule has 3 heteroatoms. The van der Waals surface area contributed by atoms with Crippen molar-refractivity contribution >= 4 is 43.6 Å². The molecule has 108 valence electrons. The van der Waals surface area contributed by atoms with Gasteiger partial charge in [0.25, 0.3) is 0 Å². The van der Waals surface area contributed by atoms with Gasteiger partial charge < -0.3 is 0 Å². The SMILES string of the molecule is CCCC(Br)CC(=O)n1c2ccccc2c2ccccc21. The van der Waals surface area contributed by atoms with Gasteiger partial charge in [-0.2, -0.15) is 0 Å². The first kappa shape index (κ1) is 14.3. The number of carbonyl (C=O) groups is 1. The number of para-hydroxylation sites is 2. The third-order valence-corrected chi connectivity index (χ3v) is 4.61. The topological polar surface area (TPSA) is 22.0 Å². The minimum atomic E-state index is 0.155. The van der Waals surface area contributed by atoms with Gasteiger partial charge in [0.1, 0.15) is 0 Å². The maximum Gasteiger partial charge on any atom is 0.232 e. The molecule has 1 atom stereocenters. The third kappa shape index (κ3) is 2.62. The summed E-state index contributed by atoms with van der Waals surface area (Å²) in [6.45, 7) is 2.14. The van der Waals surface area contributed by atoms with Gasteiger partial charge in [-0.15, -0.1) is 0 Å². The lowest BCUT2D eigenvalue weighted by molar-refractivity contribution is 0.0912. The van der Waals surface area contributed by atoms with Crippen LogP contribution in [0.2, 0.25) is 0 Å². The summed E-state index contributed by atoms with van der Waals surface area (Å²) in [5.74, 6) is 0.155. The lowest BCUT2D eigenvalue weighted by Gasteiger charge is -2.10.